The van der Waals surface area contributed by atoms with Gasteiger partial charge in [0.2, 0.25) is 5.91 Å². The Hall–Kier alpha value is -1.40. The lowest BCUT2D eigenvalue weighted by Gasteiger charge is -2.34. The number of aromatic nitrogens is 2. The monoisotopic (exact) mass is 280 g/mol. The van der Waals surface area contributed by atoms with E-state index in [1.165, 1.54) is 0 Å². The Balaban J connectivity index is 1.95. The van der Waals surface area contributed by atoms with Crippen LogP contribution in [0, 0.1) is 13.8 Å². The maximum Gasteiger partial charge on any atom is 0.238 e. The van der Waals surface area contributed by atoms with Gasteiger partial charge in [-0.25, -0.2) is 0 Å². The normalized spacial score (nSPS) is 23.9. The molecule has 1 saturated heterocycles. The molecule has 0 aromatic carbocycles. The summed E-state index contributed by atoms with van der Waals surface area (Å²) in [6.07, 6.45) is 0.349. The Bertz CT molecular complexity index is 488. The molecule has 1 aliphatic rings. The maximum atomic E-state index is 12.2. The number of anilines is 1. The first kappa shape index (κ1) is 15.0. The predicted octanol–water partition coefficient (Wildman–Crippen LogP) is 1.08. The molecule has 0 saturated carbocycles. The van der Waals surface area contributed by atoms with Gasteiger partial charge in [0, 0.05) is 20.1 Å². The number of nitrogens with zero attached hydrogens (tertiary/aromatic N) is 3. The number of aryl methyl sites for hydroxylation is 2. The molecule has 0 radical (unpaired) electrons. The fourth-order valence-electron chi connectivity index (χ4n) is 2.75. The number of hydrogen-bond acceptors (Lipinski definition) is 4. The van der Waals surface area contributed by atoms with E-state index in [1.807, 2.05) is 34.7 Å². The molecule has 2 heterocycles. The van der Waals surface area contributed by atoms with Crippen LogP contribution in [0.4, 0.5) is 5.69 Å². The molecule has 2 atom stereocenters. The number of morpholine rings is 1. The molecular weight excluding hydrogens is 256 g/mol. The lowest BCUT2D eigenvalue weighted by Crippen LogP contribution is -2.48. The number of amides is 1. The first-order valence-corrected chi connectivity index (χ1v) is 7.04. The third-order valence-electron chi connectivity index (χ3n) is 3.64. The molecule has 2 rings (SSSR count). The molecule has 0 bridgehead atoms. The smallest absolute Gasteiger partial charge is 0.238 e. The van der Waals surface area contributed by atoms with Gasteiger partial charge in [0.25, 0.3) is 0 Å². The van der Waals surface area contributed by atoms with Gasteiger partial charge in [-0.05, 0) is 27.7 Å². The number of nitrogens with one attached hydrogen (secondary N) is 1. The van der Waals surface area contributed by atoms with Gasteiger partial charge in [0.15, 0.2) is 0 Å². The topological polar surface area (TPSA) is 59.4 Å². The maximum absolute atomic E-state index is 12.2. The lowest BCUT2D eigenvalue weighted by molar-refractivity contribution is -0.121. The van der Waals surface area contributed by atoms with Crippen LogP contribution >= 0.6 is 0 Å². The molecule has 1 N–H and O–H groups in total. The van der Waals surface area contributed by atoms with Crippen LogP contribution in [-0.4, -0.2) is 52.4 Å². The van der Waals surface area contributed by atoms with Crippen LogP contribution < -0.4 is 5.32 Å². The fourth-order valence-corrected chi connectivity index (χ4v) is 2.75. The number of carbonyl (C=O) groups is 1. The van der Waals surface area contributed by atoms with Gasteiger partial charge < -0.3 is 10.1 Å². The second-order valence-corrected chi connectivity index (χ2v) is 5.67. The fraction of sp³-hybridized carbons (Fsp3) is 0.714. The average molecular weight is 280 g/mol. The third-order valence-corrected chi connectivity index (χ3v) is 3.64. The summed E-state index contributed by atoms with van der Waals surface area (Å²) in [5.41, 5.74) is 2.65. The van der Waals surface area contributed by atoms with E-state index >= 15 is 0 Å². The highest BCUT2D eigenvalue weighted by molar-refractivity contribution is 5.93. The highest BCUT2D eigenvalue weighted by atomic mass is 16.5. The quantitative estimate of drug-likeness (QED) is 0.900. The molecule has 0 unspecified atom stereocenters. The SMILES string of the molecule is Cc1nn(C)c(C)c1NC(=O)CN1C[C@@H](C)O[C@H](C)C1. The van der Waals surface area contributed by atoms with E-state index in [9.17, 15) is 4.79 Å². The molecule has 1 fully saturated rings. The molecule has 6 nitrogen and oxygen atoms in total. The van der Waals surface area contributed by atoms with Crippen molar-refractivity contribution in [3.63, 3.8) is 0 Å². The van der Waals surface area contributed by atoms with E-state index in [-0.39, 0.29) is 18.1 Å². The Morgan fingerprint density at radius 2 is 1.95 bits per heavy atom. The second-order valence-electron chi connectivity index (χ2n) is 5.67. The van der Waals surface area contributed by atoms with Gasteiger partial charge in [0.05, 0.1) is 35.8 Å². The van der Waals surface area contributed by atoms with E-state index in [1.54, 1.807) is 4.68 Å². The van der Waals surface area contributed by atoms with Crippen molar-refractivity contribution in [2.45, 2.75) is 39.9 Å². The van der Waals surface area contributed by atoms with Gasteiger partial charge in [0.1, 0.15) is 0 Å². The highest BCUT2D eigenvalue weighted by Crippen LogP contribution is 2.18. The van der Waals surface area contributed by atoms with E-state index < -0.39 is 0 Å². The van der Waals surface area contributed by atoms with Crippen LogP contribution in [0.3, 0.4) is 0 Å². The van der Waals surface area contributed by atoms with Crippen molar-refractivity contribution in [2.24, 2.45) is 7.05 Å². The van der Waals surface area contributed by atoms with Crippen LogP contribution in [0.2, 0.25) is 0 Å². The van der Waals surface area contributed by atoms with Crippen molar-refractivity contribution in [1.82, 2.24) is 14.7 Å². The second kappa shape index (κ2) is 5.93. The summed E-state index contributed by atoms with van der Waals surface area (Å²) >= 11 is 0. The summed E-state index contributed by atoms with van der Waals surface area (Å²) in [5, 5.41) is 7.27. The van der Waals surface area contributed by atoms with Gasteiger partial charge >= 0.3 is 0 Å². The first-order valence-electron chi connectivity index (χ1n) is 7.04. The Kier molecular flexibility index (Phi) is 4.45. The predicted molar refractivity (Wildman–Crippen MR) is 77.8 cm³/mol. The van der Waals surface area contributed by atoms with Crippen LogP contribution in [0.1, 0.15) is 25.2 Å². The van der Waals surface area contributed by atoms with E-state index in [4.69, 9.17) is 4.74 Å². The van der Waals surface area contributed by atoms with Crippen molar-refractivity contribution >= 4 is 11.6 Å². The molecule has 1 aliphatic heterocycles. The van der Waals surface area contributed by atoms with E-state index in [0.29, 0.717) is 6.54 Å². The Labute approximate surface area is 120 Å². The number of carbonyl (C=O) groups excluding carboxylic acids is 1. The number of hydrogen-bond donors (Lipinski definition) is 1. The molecular formula is C14H24N4O2. The van der Waals surface area contributed by atoms with Crippen LogP contribution in [-0.2, 0) is 16.6 Å². The minimum absolute atomic E-state index is 0.00509. The Morgan fingerprint density at radius 3 is 2.45 bits per heavy atom. The average Bonchev–Trinajstić information content (AvgIpc) is 2.54. The molecule has 1 aromatic rings. The van der Waals surface area contributed by atoms with Crippen LogP contribution in [0.5, 0.6) is 0 Å². The van der Waals surface area contributed by atoms with E-state index in [2.05, 4.69) is 15.3 Å². The minimum Gasteiger partial charge on any atom is -0.373 e. The van der Waals surface area contributed by atoms with Gasteiger partial charge in [-0.1, -0.05) is 0 Å². The van der Waals surface area contributed by atoms with Crippen LogP contribution in [0.25, 0.3) is 0 Å². The van der Waals surface area contributed by atoms with Crippen molar-refractivity contribution in [2.75, 3.05) is 25.0 Å². The molecule has 1 amide bonds. The zero-order chi connectivity index (χ0) is 14.9. The molecule has 1 aromatic heterocycles. The zero-order valence-corrected chi connectivity index (χ0v) is 12.9. The van der Waals surface area contributed by atoms with Gasteiger partial charge in [-0.3, -0.25) is 14.4 Å². The van der Waals surface area contributed by atoms with Crippen molar-refractivity contribution in [3.8, 4) is 0 Å². The standard InChI is InChI=1S/C14H24N4O2/c1-9-6-18(7-10(2)20-9)8-13(19)15-14-11(3)16-17(5)12(14)4/h9-10H,6-8H2,1-5H3,(H,15,19)/t9-,10-/m1/s1. The molecule has 0 aliphatic carbocycles. The van der Waals surface area contributed by atoms with Crippen molar-refractivity contribution in [1.29, 1.82) is 0 Å². The number of ether oxygens (including phenoxy) is 1. The van der Waals surface area contributed by atoms with Crippen molar-refractivity contribution < 1.29 is 9.53 Å². The molecule has 6 heteroatoms. The third kappa shape index (κ3) is 3.37. The summed E-state index contributed by atoms with van der Waals surface area (Å²) in [4.78, 5) is 14.3. The summed E-state index contributed by atoms with van der Waals surface area (Å²) < 4.78 is 7.45. The molecule has 20 heavy (non-hydrogen) atoms. The summed E-state index contributed by atoms with van der Waals surface area (Å²) in [6.45, 7) is 9.92. The zero-order valence-electron chi connectivity index (χ0n) is 12.9. The lowest BCUT2D eigenvalue weighted by atomic mass is 10.2. The molecule has 0 spiro atoms. The summed E-state index contributed by atoms with van der Waals surface area (Å²) in [7, 11) is 1.88. The Morgan fingerprint density at radius 1 is 1.35 bits per heavy atom. The van der Waals surface area contributed by atoms with Crippen LogP contribution in [0.15, 0.2) is 0 Å². The van der Waals surface area contributed by atoms with Gasteiger partial charge in [-0.15, -0.1) is 0 Å². The minimum atomic E-state index is 0.00509. The highest BCUT2D eigenvalue weighted by Gasteiger charge is 2.24. The number of rotatable bonds is 3. The largest absolute Gasteiger partial charge is 0.373 e. The summed E-state index contributed by atoms with van der Waals surface area (Å²) in [5.74, 6) is 0.00509. The molecule has 112 valence electrons. The summed E-state index contributed by atoms with van der Waals surface area (Å²) in [6, 6.07) is 0. The van der Waals surface area contributed by atoms with Gasteiger partial charge in [-0.2, -0.15) is 5.10 Å². The van der Waals surface area contributed by atoms with Crippen molar-refractivity contribution in [3.05, 3.63) is 11.4 Å². The first-order chi connectivity index (χ1) is 9.36. The van der Waals surface area contributed by atoms with E-state index in [0.717, 1.165) is 30.2 Å².